The van der Waals surface area contributed by atoms with E-state index in [1.165, 1.54) is 12.8 Å². The summed E-state index contributed by atoms with van der Waals surface area (Å²) in [5.74, 6) is 0. The molecule has 0 aromatic heterocycles. The predicted molar refractivity (Wildman–Crippen MR) is 80.6 cm³/mol. The maximum atomic E-state index is 12.4. The van der Waals surface area contributed by atoms with Gasteiger partial charge in [-0.1, -0.05) is 18.2 Å². The molecule has 2 aliphatic heterocycles. The highest BCUT2D eigenvalue weighted by Gasteiger charge is 2.42. The van der Waals surface area contributed by atoms with Crippen LogP contribution in [0, 0.1) is 0 Å². The van der Waals surface area contributed by atoms with Crippen LogP contribution in [0.1, 0.15) is 25.7 Å². The van der Waals surface area contributed by atoms with Crippen LogP contribution in [-0.4, -0.2) is 34.5 Å². The molecule has 0 radical (unpaired) electrons. The van der Waals surface area contributed by atoms with Crippen molar-refractivity contribution in [3.05, 3.63) is 30.3 Å². The molecule has 3 rings (SSSR count). The molecule has 2 heterocycles. The SMILES string of the molecule is CSC1CC2CCC(C1)N2C(=O)Nc1ccccc1. The minimum Gasteiger partial charge on any atom is -0.318 e. The van der Waals surface area contributed by atoms with E-state index < -0.39 is 0 Å². The fourth-order valence-electron chi connectivity index (χ4n) is 3.36. The van der Waals surface area contributed by atoms with Crippen LogP contribution in [-0.2, 0) is 0 Å². The number of fused-ring (bicyclic) bond motifs is 2. The molecule has 2 unspecified atom stereocenters. The van der Waals surface area contributed by atoms with E-state index in [0.717, 1.165) is 23.8 Å². The largest absolute Gasteiger partial charge is 0.322 e. The molecule has 0 aliphatic carbocycles. The average molecular weight is 276 g/mol. The minimum absolute atomic E-state index is 0.0817. The van der Waals surface area contributed by atoms with Crippen molar-refractivity contribution in [2.24, 2.45) is 0 Å². The second-order valence-corrected chi connectivity index (χ2v) is 6.56. The Balaban J connectivity index is 1.68. The lowest BCUT2D eigenvalue weighted by molar-refractivity contribution is 0.161. The van der Waals surface area contributed by atoms with Gasteiger partial charge in [0.1, 0.15) is 0 Å². The van der Waals surface area contributed by atoms with Gasteiger partial charge in [-0.2, -0.15) is 11.8 Å². The number of para-hydroxylation sites is 1. The van der Waals surface area contributed by atoms with Gasteiger partial charge in [-0.3, -0.25) is 0 Å². The molecule has 2 atom stereocenters. The highest BCUT2D eigenvalue weighted by Crippen LogP contribution is 2.39. The number of thioether (sulfide) groups is 1. The topological polar surface area (TPSA) is 32.3 Å². The number of hydrogen-bond donors (Lipinski definition) is 1. The molecule has 3 nitrogen and oxygen atoms in total. The summed E-state index contributed by atoms with van der Waals surface area (Å²) in [6.45, 7) is 0. The van der Waals surface area contributed by atoms with Crippen molar-refractivity contribution in [1.29, 1.82) is 0 Å². The number of nitrogens with one attached hydrogen (secondary N) is 1. The van der Waals surface area contributed by atoms with Crippen molar-refractivity contribution in [3.8, 4) is 0 Å². The van der Waals surface area contributed by atoms with Crippen LogP contribution >= 0.6 is 11.8 Å². The Morgan fingerprint density at radius 3 is 2.42 bits per heavy atom. The van der Waals surface area contributed by atoms with E-state index in [4.69, 9.17) is 0 Å². The number of anilines is 1. The number of carbonyl (C=O) groups is 1. The summed E-state index contributed by atoms with van der Waals surface area (Å²) < 4.78 is 0. The van der Waals surface area contributed by atoms with Crippen LogP contribution in [0.2, 0.25) is 0 Å². The zero-order valence-corrected chi connectivity index (χ0v) is 12.0. The van der Waals surface area contributed by atoms with Crippen molar-refractivity contribution in [2.75, 3.05) is 11.6 Å². The van der Waals surface area contributed by atoms with E-state index in [-0.39, 0.29) is 6.03 Å². The first-order valence-corrected chi connectivity index (χ1v) is 8.24. The molecule has 19 heavy (non-hydrogen) atoms. The standard InChI is InChI=1S/C15H20N2OS/c1-19-14-9-12-7-8-13(10-14)17(12)15(18)16-11-5-3-2-4-6-11/h2-6,12-14H,7-10H2,1H3,(H,16,18). The molecule has 102 valence electrons. The summed E-state index contributed by atoms with van der Waals surface area (Å²) in [7, 11) is 0. The molecule has 2 aliphatic rings. The van der Waals surface area contributed by atoms with E-state index in [2.05, 4.69) is 16.5 Å². The van der Waals surface area contributed by atoms with Gasteiger partial charge in [0.15, 0.2) is 0 Å². The monoisotopic (exact) mass is 276 g/mol. The Hall–Kier alpha value is -1.16. The van der Waals surface area contributed by atoms with Crippen LogP contribution in [0.3, 0.4) is 0 Å². The second kappa shape index (κ2) is 5.45. The third-order valence-corrected chi connectivity index (χ3v) is 5.33. The first-order valence-electron chi connectivity index (χ1n) is 6.95. The van der Waals surface area contributed by atoms with Crippen LogP contribution in [0.15, 0.2) is 30.3 Å². The second-order valence-electron chi connectivity index (χ2n) is 5.42. The third-order valence-electron chi connectivity index (χ3n) is 4.28. The van der Waals surface area contributed by atoms with Gasteiger partial charge in [0.05, 0.1) is 0 Å². The van der Waals surface area contributed by atoms with E-state index in [0.29, 0.717) is 12.1 Å². The van der Waals surface area contributed by atoms with Crippen LogP contribution in [0.4, 0.5) is 10.5 Å². The van der Waals surface area contributed by atoms with Crippen LogP contribution in [0.5, 0.6) is 0 Å². The van der Waals surface area contributed by atoms with Crippen molar-refractivity contribution < 1.29 is 4.79 Å². The molecular weight excluding hydrogens is 256 g/mol. The average Bonchev–Trinajstić information content (AvgIpc) is 2.71. The molecule has 1 aromatic rings. The summed E-state index contributed by atoms with van der Waals surface area (Å²) in [4.78, 5) is 14.5. The summed E-state index contributed by atoms with van der Waals surface area (Å²) in [5, 5.41) is 3.76. The number of urea groups is 1. The lowest BCUT2D eigenvalue weighted by Gasteiger charge is -2.38. The maximum absolute atomic E-state index is 12.4. The summed E-state index contributed by atoms with van der Waals surface area (Å²) >= 11 is 1.95. The Bertz CT molecular complexity index is 437. The number of nitrogens with zero attached hydrogens (tertiary/aromatic N) is 1. The number of carbonyl (C=O) groups excluding carboxylic acids is 1. The van der Waals surface area contributed by atoms with E-state index in [1.807, 2.05) is 42.1 Å². The summed E-state index contributed by atoms with van der Waals surface area (Å²) in [6.07, 6.45) is 6.83. The third kappa shape index (κ3) is 2.59. The van der Waals surface area contributed by atoms with E-state index in [9.17, 15) is 4.79 Å². The Labute approximate surface area is 118 Å². The molecule has 4 heteroatoms. The number of amides is 2. The number of hydrogen-bond acceptors (Lipinski definition) is 2. The quantitative estimate of drug-likeness (QED) is 0.895. The molecule has 2 saturated heterocycles. The first-order chi connectivity index (χ1) is 9.28. The van der Waals surface area contributed by atoms with E-state index in [1.54, 1.807) is 0 Å². The van der Waals surface area contributed by atoms with Gasteiger partial charge in [0.2, 0.25) is 0 Å². The molecule has 1 aromatic carbocycles. The fourth-order valence-corrected chi connectivity index (χ4v) is 4.19. The predicted octanol–water partition coefficient (Wildman–Crippen LogP) is 3.58. The van der Waals surface area contributed by atoms with Gasteiger partial charge >= 0.3 is 6.03 Å². The highest BCUT2D eigenvalue weighted by molar-refractivity contribution is 7.99. The van der Waals surface area contributed by atoms with Gasteiger partial charge < -0.3 is 10.2 Å². The molecule has 1 N–H and O–H groups in total. The van der Waals surface area contributed by atoms with Crippen molar-refractivity contribution in [3.63, 3.8) is 0 Å². The van der Waals surface area contributed by atoms with Crippen LogP contribution < -0.4 is 5.32 Å². The highest BCUT2D eigenvalue weighted by atomic mass is 32.2. The summed E-state index contributed by atoms with van der Waals surface area (Å²) in [6, 6.07) is 10.7. The minimum atomic E-state index is 0.0817. The Morgan fingerprint density at radius 1 is 1.21 bits per heavy atom. The van der Waals surface area contributed by atoms with Crippen molar-refractivity contribution in [2.45, 2.75) is 43.0 Å². The lowest BCUT2D eigenvalue weighted by Crippen LogP contribution is -2.49. The van der Waals surface area contributed by atoms with Gasteiger partial charge in [0.25, 0.3) is 0 Å². The van der Waals surface area contributed by atoms with Gasteiger partial charge in [-0.05, 0) is 44.1 Å². The van der Waals surface area contributed by atoms with Crippen molar-refractivity contribution >= 4 is 23.5 Å². The fraction of sp³-hybridized carbons (Fsp3) is 0.533. The van der Waals surface area contributed by atoms with E-state index >= 15 is 0 Å². The Kier molecular flexibility index (Phi) is 3.69. The molecule has 2 bridgehead atoms. The first kappa shape index (κ1) is 12.9. The smallest absolute Gasteiger partial charge is 0.318 e. The maximum Gasteiger partial charge on any atom is 0.322 e. The van der Waals surface area contributed by atoms with Crippen LogP contribution in [0.25, 0.3) is 0 Å². The summed E-state index contributed by atoms with van der Waals surface area (Å²) in [5.41, 5.74) is 0.888. The normalized spacial score (nSPS) is 29.3. The Morgan fingerprint density at radius 2 is 1.84 bits per heavy atom. The molecule has 0 saturated carbocycles. The number of piperidine rings is 1. The zero-order chi connectivity index (χ0) is 13.2. The molecule has 2 fully saturated rings. The lowest BCUT2D eigenvalue weighted by atomic mass is 10.0. The van der Waals surface area contributed by atoms with Gasteiger partial charge in [-0.25, -0.2) is 4.79 Å². The van der Waals surface area contributed by atoms with Crippen molar-refractivity contribution in [1.82, 2.24) is 4.90 Å². The zero-order valence-electron chi connectivity index (χ0n) is 11.2. The number of rotatable bonds is 2. The van der Waals surface area contributed by atoms with Gasteiger partial charge in [-0.15, -0.1) is 0 Å². The van der Waals surface area contributed by atoms with Gasteiger partial charge in [0, 0.05) is 23.0 Å². The molecule has 0 spiro atoms. The molecule has 2 amide bonds. The number of benzene rings is 1. The molecular formula is C15H20N2OS.